The number of hydrogen-bond donors (Lipinski definition) is 0. The number of aromatic nitrogens is 2. The van der Waals surface area contributed by atoms with E-state index >= 15 is 0 Å². The Balaban J connectivity index is 1.73. The van der Waals surface area contributed by atoms with E-state index in [1.54, 1.807) is 11.9 Å². The van der Waals surface area contributed by atoms with Gasteiger partial charge in [0.2, 0.25) is 5.91 Å². The molecule has 7 heteroatoms. The summed E-state index contributed by atoms with van der Waals surface area (Å²) in [5.74, 6) is -0.0674. The Labute approximate surface area is 124 Å². The van der Waals surface area contributed by atoms with Crippen molar-refractivity contribution in [3.63, 3.8) is 0 Å². The monoisotopic (exact) mass is 294 g/mol. The molecule has 0 aliphatic carbocycles. The van der Waals surface area contributed by atoms with Gasteiger partial charge in [-0.3, -0.25) is 14.4 Å². The molecule has 1 saturated heterocycles. The maximum atomic E-state index is 12.0. The molecule has 0 atom stereocenters. The fraction of sp³-hybridized carbons (Fsp3) is 0.643. The van der Waals surface area contributed by atoms with Crippen molar-refractivity contribution in [3.05, 3.63) is 17.5 Å². The Morgan fingerprint density at radius 3 is 2.81 bits per heavy atom. The van der Waals surface area contributed by atoms with Crippen molar-refractivity contribution in [1.82, 2.24) is 19.6 Å². The van der Waals surface area contributed by atoms with Gasteiger partial charge in [0.05, 0.1) is 12.2 Å². The molecule has 2 heterocycles. The second-order valence-electron chi connectivity index (χ2n) is 5.36. The first-order chi connectivity index (χ1) is 9.97. The van der Waals surface area contributed by atoms with Crippen LogP contribution in [0.2, 0.25) is 0 Å². The van der Waals surface area contributed by atoms with Gasteiger partial charge in [0, 0.05) is 25.8 Å². The summed E-state index contributed by atoms with van der Waals surface area (Å²) in [5, 5.41) is 4.39. The van der Waals surface area contributed by atoms with E-state index in [0.717, 1.165) is 24.4 Å². The number of amides is 2. The highest BCUT2D eigenvalue weighted by Crippen LogP contribution is 2.05. The van der Waals surface area contributed by atoms with Gasteiger partial charge in [0.15, 0.2) is 0 Å². The molecule has 0 radical (unpaired) electrons. The largest absolute Gasteiger partial charge is 0.448 e. The average molecular weight is 294 g/mol. The van der Waals surface area contributed by atoms with Gasteiger partial charge in [-0.1, -0.05) is 0 Å². The molecule has 1 aromatic heterocycles. The van der Waals surface area contributed by atoms with Gasteiger partial charge in [-0.15, -0.1) is 0 Å². The van der Waals surface area contributed by atoms with Crippen molar-refractivity contribution in [2.45, 2.75) is 26.8 Å². The van der Waals surface area contributed by atoms with Crippen LogP contribution in [-0.2, 0) is 16.1 Å². The van der Waals surface area contributed by atoms with E-state index in [1.807, 2.05) is 24.6 Å². The van der Waals surface area contributed by atoms with E-state index in [-0.39, 0.29) is 12.5 Å². The van der Waals surface area contributed by atoms with Crippen LogP contribution >= 0.6 is 0 Å². The van der Waals surface area contributed by atoms with E-state index < -0.39 is 6.09 Å². The highest BCUT2D eigenvalue weighted by atomic mass is 16.6. The van der Waals surface area contributed by atoms with Crippen molar-refractivity contribution in [2.75, 3.05) is 33.3 Å². The summed E-state index contributed by atoms with van der Waals surface area (Å²) in [6, 6.07) is 2.04. The number of aryl methyl sites for hydroxylation is 3. The van der Waals surface area contributed by atoms with Crippen LogP contribution in [0.1, 0.15) is 17.8 Å². The number of nitrogens with zero attached hydrogens (tertiary/aromatic N) is 4. The molecular weight excluding hydrogens is 272 g/mol. The summed E-state index contributed by atoms with van der Waals surface area (Å²) >= 11 is 0. The molecule has 1 aromatic rings. The predicted octanol–water partition coefficient (Wildman–Crippen LogP) is 0.801. The second-order valence-corrected chi connectivity index (χ2v) is 5.36. The van der Waals surface area contributed by atoms with E-state index in [4.69, 9.17) is 4.74 Å². The molecule has 0 saturated carbocycles. The standard InChI is InChI=1S/C14H22N4O3/c1-11-9-12(2)18(15-11)6-4-5-16(3)13(19)10-17-7-8-21-14(17)20/h9H,4-8,10H2,1-3H3. The lowest BCUT2D eigenvalue weighted by Gasteiger charge is -2.20. The summed E-state index contributed by atoms with van der Waals surface area (Å²) < 4.78 is 6.76. The van der Waals surface area contributed by atoms with Crippen LogP contribution in [0, 0.1) is 13.8 Å². The molecule has 21 heavy (non-hydrogen) atoms. The smallest absolute Gasteiger partial charge is 0.410 e. The molecule has 0 aromatic carbocycles. The molecule has 0 unspecified atom stereocenters. The number of carbonyl (C=O) groups excluding carboxylic acids is 2. The molecule has 1 fully saturated rings. The number of cyclic esters (lactones) is 1. The van der Waals surface area contributed by atoms with E-state index in [0.29, 0.717) is 19.7 Å². The van der Waals surface area contributed by atoms with E-state index in [2.05, 4.69) is 5.10 Å². The quantitative estimate of drug-likeness (QED) is 0.778. The van der Waals surface area contributed by atoms with Crippen molar-refractivity contribution < 1.29 is 14.3 Å². The summed E-state index contributed by atoms with van der Waals surface area (Å²) in [5.41, 5.74) is 2.13. The van der Waals surface area contributed by atoms with Crippen LogP contribution in [0.25, 0.3) is 0 Å². The summed E-state index contributed by atoms with van der Waals surface area (Å²) in [7, 11) is 1.75. The Kier molecular flexibility index (Phi) is 4.82. The third kappa shape index (κ3) is 3.96. The van der Waals surface area contributed by atoms with Crippen molar-refractivity contribution >= 4 is 12.0 Å². The number of likely N-dealkylation sites (N-methyl/N-ethyl adjacent to an activating group) is 1. The molecule has 0 spiro atoms. The van der Waals surface area contributed by atoms with Gasteiger partial charge in [0.25, 0.3) is 0 Å². The molecule has 1 aliphatic rings. The summed E-state index contributed by atoms with van der Waals surface area (Å²) in [6.07, 6.45) is 0.425. The minimum Gasteiger partial charge on any atom is -0.448 e. The minimum atomic E-state index is -0.403. The van der Waals surface area contributed by atoms with Crippen LogP contribution in [0.15, 0.2) is 6.07 Å². The molecule has 1 aliphatic heterocycles. The first-order valence-corrected chi connectivity index (χ1v) is 7.14. The number of carbonyl (C=O) groups is 2. The third-order valence-electron chi connectivity index (χ3n) is 3.56. The van der Waals surface area contributed by atoms with Gasteiger partial charge in [-0.2, -0.15) is 5.10 Å². The Hall–Kier alpha value is -2.05. The highest BCUT2D eigenvalue weighted by Gasteiger charge is 2.25. The Morgan fingerprint density at radius 1 is 1.48 bits per heavy atom. The highest BCUT2D eigenvalue weighted by molar-refractivity contribution is 5.82. The van der Waals surface area contributed by atoms with Crippen LogP contribution in [0.4, 0.5) is 4.79 Å². The van der Waals surface area contributed by atoms with Crippen LogP contribution < -0.4 is 0 Å². The minimum absolute atomic E-state index is 0.0674. The van der Waals surface area contributed by atoms with Crippen LogP contribution in [0.3, 0.4) is 0 Å². The fourth-order valence-electron chi connectivity index (χ4n) is 2.34. The normalized spacial score (nSPS) is 14.4. The molecule has 7 nitrogen and oxygen atoms in total. The molecule has 0 N–H and O–H groups in total. The molecule has 0 bridgehead atoms. The van der Waals surface area contributed by atoms with Crippen molar-refractivity contribution in [2.24, 2.45) is 0 Å². The fourth-order valence-corrected chi connectivity index (χ4v) is 2.34. The van der Waals surface area contributed by atoms with Crippen LogP contribution in [0.5, 0.6) is 0 Å². The molecule has 116 valence electrons. The lowest BCUT2D eigenvalue weighted by molar-refractivity contribution is -0.130. The Bertz CT molecular complexity index is 526. The topological polar surface area (TPSA) is 67.7 Å². The predicted molar refractivity (Wildman–Crippen MR) is 76.9 cm³/mol. The van der Waals surface area contributed by atoms with E-state index in [1.165, 1.54) is 4.90 Å². The first-order valence-electron chi connectivity index (χ1n) is 7.14. The van der Waals surface area contributed by atoms with Gasteiger partial charge >= 0.3 is 6.09 Å². The summed E-state index contributed by atoms with van der Waals surface area (Å²) in [4.78, 5) is 26.4. The van der Waals surface area contributed by atoms with Gasteiger partial charge in [-0.05, 0) is 26.3 Å². The average Bonchev–Trinajstić information content (AvgIpc) is 2.96. The molecule has 2 rings (SSSR count). The zero-order chi connectivity index (χ0) is 15.4. The van der Waals surface area contributed by atoms with Gasteiger partial charge in [0.1, 0.15) is 13.2 Å². The Morgan fingerprint density at radius 2 is 2.24 bits per heavy atom. The third-order valence-corrected chi connectivity index (χ3v) is 3.56. The van der Waals surface area contributed by atoms with Gasteiger partial charge in [-0.25, -0.2) is 4.79 Å². The van der Waals surface area contributed by atoms with E-state index in [9.17, 15) is 9.59 Å². The zero-order valence-corrected chi connectivity index (χ0v) is 12.8. The maximum absolute atomic E-state index is 12.0. The second kappa shape index (κ2) is 6.60. The lowest BCUT2D eigenvalue weighted by atomic mass is 10.3. The lowest BCUT2D eigenvalue weighted by Crippen LogP contribution is -2.39. The van der Waals surface area contributed by atoms with Crippen molar-refractivity contribution in [3.8, 4) is 0 Å². The van der Waals surface area contributed by atoms with Crippen LogP contribution in [-0.4, -0.2) is 64.9 Å². The number of ether oxygens (including phenoxy) is 1. The number of rotatable bonds is 6. The van der Waals surface area contributed by atoms with Gasteiger partial charge < -0.3 is 9.64 Å². The van der Waals surface area contributed by atoms with Crippen molar-refractivity contribution in [1.29, 1.82) is 0 Å². The maximum Gasteiger partial charge on any atom is 0.410 e. The first kappa shape index (κ1) is 15.3. The number of hydrogen-bond acceptors (Lipinski definition) is 4. The molecular formula is C14H22N4O3. The zero-order valence-electron chi connectivity index (χ0n) is 12.8. The summed E-state index contributed by atoms with van der Waals surface area (Å²) in [6.45, 7) is 6.36. The molecule has 2 amide bonds. The SMILES string of the molecule is Cc1cc(C)n(CCCN(C)C(=O)CN2CCOC2=O)n1.